The molecule has 8 nitrogen and oxygen atoms in total. The van der Waals surface area contributed by atoms with Gasteiger partial charge in [0.25, 0.3) is 5.91 Å². The number of carbonyl (C=O) groups is 1. The van der Waals surface area contributed by atoms with Crippen molar-refractivity contribution in [2.24, 2.45) is 0 Å². The van der Waals surface area contributed by atoms with Gasteiger partial charge < -0.3 is 10.3 Å². The summed E-state index contributed by atoms with van der Waals surface area (Å²) >= 11 is 0. The lowest BCUT2D eigenvalue weighted by Gasteiger charge is -2.11. The average molecular weight is 351 g/mol. The van der Waals surface area contributed by atoms with Crippen molar-refractivity contribution < 1.29 is 13.2 Å². The van der Waals surface area contributed by atoms with Gasteiger partial charge in [-0.25, -0.2) is 17.7 Å². The Morgan fingerprint density at radius 1 is 1.50 bits per heavy atom. The molecule has 1 aromatic rings. The number of carbonyl (C=O) groups excluding carboxylic acids is 1. The maximum Gasteiger partial charge on any atom is 0.287 e. The lowest BCUT2D eigenvalue weighted by molar-refractivity contribution is 0.0948. The molecule has 1 amide bonds. The van der Waals surface area contributed by atoms with Gasteiger partial charge in [0, 0.05) is 20.6 Å². The van der Waals surface area contributed by atoms with Crippen molar-refractivity contribution in [2.75, 3.05) is 26.4 Å². The molecule has 0 aliphatic heterocycles. The summed E-state index contributed by atoms with van der Waals surface area (Å²) in [5.41, 5.74) is 1.08. The van der Waals surface area contributed by atoms with E-state index in [-0.39, 0.29) is 23.8 Å². The molecule has 0 radical (unpaired) electrons. The first-order valence-corrected chi connectivity index (χ1v) is 8.86. The van der Waals surface area contributed by atoms with Gasteiger partial charge in [0.15, 0.2) is 5.82 Å². The molecule has 0 unspecified atom stereocenters. The Kier molecular flexibility index (Phi) is 7.35. The molecular formula is C15H21N5O3S. The normalized spacial score (nSPS) is 12.5. The number of allylic oxidation sites excluding steroid dienone is 3. The third-order valence-corrected chi connectivity index (χ3v) is 5.03. The third kappa shape index (κ3) is 5.98. The lowest BCUT2D eigenvalue weighted by atomic mass is 10.2. The van der Waals surface area contributed by atoms with E-state index < -0.39 is 15.9 Å². The van der Waals surface area contributed by atoms with E-state index in [0.29, 0.717) is 6.42 Å². The van der Waals surface area contributed by atoms with E-state index in [1.165, 1.54) is 24.6 Å². The summed E-state index contributed by atoms with van der Waals surface area (Å²) in [6.45, 7) is 2.09. The zero-order valence-electron chi connectivity index (χ0n) is 13.9. The highest BCUT2D eigenvalue weighted by Gasteiger charge is 2.13. The number of H-pyrrole nitrogens is 1. The maximum atomic E-state index is 11.8. The molecule has 0 atom stereocenters. The number of amides is 1. The highest BCUT2D eigenvalue weighted by molar-refractivity contribution is 7.89. The predicted octanol–water partition coefficient (Wildman–Crippen LogP) is 0.795. The molecule has 0 saturated heterocycles. The van der Waals surface area contributed by atoms with E-state index in [0.717, 1.165) is 5.57 Å². The molecule has 1 aromatic heterocycles. The summed E-state index contributed by atoms with van der Waals surface area (Å²) in [5.74, 6) is -0.318. The minimum Gasteiger partial charge on any atom is -0.346 e. The smallest absolute Gasteiger partial charge is 0.287 e. The van der Waals surface area contributed by atoms with Crippen LogP contribution in [0, 0.1) is 11.3 Å². The third-order valence-electron chi connectivity index (χ3n) is 3.20. The van der Waals surface area contributed by atoms with Gasteiger partial charge in [0.2, 0.25) is 10.0 Å². The zero-order chi connectivity index (χ0) is 18.2. The number of imidazole rings is 1. The molecule has 1 heterocycles. The molecule has 0 aliphatic rings. The first-order chi connectivity index (χ1) is 11.3. The molecule has 0 aromatic carbocycles. The Labute approximate surface area is 141 Å². The van der Waals surface area contributed by atoms with Gasteiger partial charge in [-0.05, 0) is 13.3 Å². The Morgan fingerprint density at radius 2 is 2.21 bits per heavy atom. The van der Waals surface area contributed by atoms with E-state index >= 15 is 0 Å². The fraction of sp³-hybridized carbons (Fsp3) is 0.400. The van der Waals surface area contributed by atoms with Crippen molar-refractivity contribution in [3.8, 4) is 6.07 Å². The highest BCUT2D eigenvalue weighted by atomic mass is 32.2. The number of nitriles is 1. The SMILES string of the molecule is C/C=C(\C=C/CNC(=O)c1ncc(C#N)[nH]1)CCS(=O)(=O)N(C)C. The van der Waals surface area contributed by atoms with Gasteiger partial charge in [-0.3, -0.25) is 4.79 Å². The van der Waals surface area contributed by atoms with Gasteiger partial charge in [-0.2, -0.15) is 5.26 Å². The van der Waals surface area contributed by atoms with E-state index in [2.05, 4.69) is 15.3 Å². The van der Waals surface area contributed by atoms with Crippen molar-refractivity contribution >= 4 is 15.9 Å². The zero-order valence-corrected chi connectivity index (χ0v) is 14.7. The van der Waals surface area contributed by atoms with Crippen LogP contribution in [-0.4, -0.2) is 55.0 Å². The molecule has 9 heteroatoms. The monoisotopic (exact) mass is 351 g/mol. The molecule has 0 aliphatic carbocycles. The number of sulfonamides is 1. The predicted molar refractivity (Wildman–Crippen MR) is 90.6 cm³/mol. The fourth-order valence-corrected chi connectivity index (χ4v) is 2.55. The quantitative estimate of drug-likeness (QED) is 0.671. The number of aromatic amines is 1. The van der Waals surface area contributed by atoms with Crippen LogP contribution >= 0.6 is 0 Å². The summed E-state index contributed by atoms with van der Waals surface area (Å²) in [6, 6.07) is 1.85. The molecule has 2 N–H and O–H groups in total. The van der Waals surface area contributed by atoms with Crippen LogP contribution in [0.2, 0.25) is 0 Å². The van der Waals surface area contributed by atoms with Crippen LogP contribution in [0.3, 0.4) is 0 Å². The summed E-state index contributed by atoms with van der Waals surface area (Å²) in [5, 5.41) is 11.3. The van der Waals surface area contributed by atoms with Crippen LogP contribution in [0.1, 0.15) is 29.7 Å². The number of nitrogens with one attached hydrogen (secondary N) is 2. The summed E-state index contributed by atoms with van der Waals surface area (Å²) in [7, 11) is -0.229. The lowest BCUT2D eigenvalue weighted by Crippen LogP contribution is -2.25. The first-order valence-electron chi connectivity index (χ1n) is 7.25. The Bertz CT molecular complexity index is 769. The largest absolute Gasteiger partial charge is 0.346 e. The van der Waals surface area contributed by atoms with Crippen LogP contribution in [0.5, 0.6) is 0 Å². The summed E-state index contributed by atoms with van der Waals surface area (Å²) < 4.78 is 24.7. The van der Waals surface area contributed by atoms with E-state index in [1.807, 2.05) is 19.1 Å². The second kappa shape index (κ2) is 9.00. The number of hydrogen-bond acceptors (Lipinski definition) is 5. The molecular weight excluding hydrogens is 330 g/mol. The van der Waals surface area contributed by atoms with Crippen molar-refractivity contribution in [1.29, 1.82) is 5.26 Å². The number of aromatic nitrogens is 2. The summed E-state index contributed by atoms with van der Waals surface area (Å²) in [4.78, 5) is 18.1. The topological polar surface area (TPSA) is 119 Å². The van der Waals surface area contributed by atoms with E-state index in [9.17, 15) is 13.2 Å². The Morgan fingerprint density at radius 3 is 2.75 bits per heavy atom. The summed E-state index contributed by atoms with van der Waals surface area (Å²) in [6.07, 6.45) is 7.01. The van der Waals surface area contributed by atoms with Gasteiger partial charge in [-0.15, -0.1) is 0 Å². The molecule has 130 valence electrons. The van der Waals surface area contributed by atoms with Crippen molar-refractivity contribution in [1.82, 2.24) is 19.6 Å². The van der Waals surface area contributed by atoms with E-state index in [4.69, 9.17) is 5.26 Å². The molecule has 24 heavy (non-hydrogen) atoms. The standard InChI is InChI=1S/C15H21N5O3S/c1-4-12(7-9-24(22,23)20(2)3)6-5-8-17-15(21)14-18-11-13(10-16)19-14/h4-6,11H,7-9H2,1-3H3,(H,17,21)(H,18,19)/b6-5-,12-4+. The Hall–Kier alpha value is -2.44. The van der Waals surface area contributed by atoms with Crippen LogP contribution < -0.4 is 5.32 Å². The van der Waals surface area contributed by atoms with Gasteiger partial charge in [-0.1, -0.05) is 23.8 Å². The van der Waals surface area contributed by atoms with E-state index in [1.54, 1.807) is 12.2 Å². The second-order valence-corrected chi connectivity index (χ2v) is 7.38. The fourth-order valence-electron chi connectivity index (χ4n) is 1.69. The molecule has 0 saturated carbocycles. The van der Waals surface area contributed by atoms with Crippen molar-refractivity contribution in [3.05, 3.63) is 41.5 Å². The number of nitrogens with zero attached hydrogens (tertiary/aromatic N) is 3. The minimum atomic E-state index is -3.23. The second-order valence-electron chi connectivity index (χ2n) is 5.08. The molecule has 1 rings (SSSR count). The first kappa shape index (κ1) is 19.6. The highest BCUT2D eigenvalue weighted by Crippen LogP contribution is 2.07. The van der Waals surface area contributed by atoms with Gasteiger partial charge in [0.05, 0.1) is 11.9 Å². The van der Waals surface area contributed by atoms with Crippen LogP contribution in [0.25, 0.3) is 0 Å². The van der Waals surface area contributed by atoms with Crippen molar-refractivity contribution in [3.63, 3.8) is 0 Å². The average Bonchev–Trinajstić information content (AvgIpc) is 3.03. The van der Waals surface area contributed by atoms with Crippen LogP contribution in [-0.2, 0) is 10.0 Å². The van der Waals surface area contributed by atoms with Crippen LogP contribution in [0.4, 0.5) is 0 Å². The van der Waals surface area contributed by atoms with Crippen LogP contribution in [0.15, 0.2) is 30.0 Å². The maximum absolute atomic E-state index is 11.8. The Balaban J connectivity index is 2.47. The molecule has 0 spiro atoms. The minimum absolute atomic E-state index is 0.0275. The number of rotatable bonds is 8. The molecule has 0 bridgehead atoms. The van der Waals surface area contributed by atoms with Gasteiger partial charge >= 0.3 is 0 Å². The number of hydrogen-bond donors (Lipinski definition) is 2. The van der Waals surface area contributed by atoms with Gasteiger partial charge in [0.1, 0.15) is 11.8 Å². The van der Waals surface area contributed by atoms with Crippen molar-refractivity contribution in [2.45, 2.75) is 13.3 Å². The molecule has 0 fully saturated rings.